The number of rotatable bonds is 7. The number of amides is 1. The van der Waals surface area contributed by atoms with Crippen LogP contribution in [0.1, 0.15) is 40.7 Å². The summed E-state index contributed by atoms with van der Waals surface area (Å²) in [6.45, 7) is 4.03. The van der Waals surface area contributed by atoms with Gasteiger partial charge in [-0.15, -0.1) is 0 Å². The lowest BCUT2D eigenvalue weighted by atomic mass is 10.1. The number of sulfonamides is 1. The smallest absolute Gasteiger partial charge is 0.261 e. The molecular formula is C26H29N3O3S. The SMILES string of the molecule is Cc1ccc(S(=O)(=O)Nc2cc(C(=O)NCc3ccccc3)ccc2N2CCCCC2)cc1. The van der Waals surface area contributed by atoms with E-state index in [2.05, 4.69) is 14.9 Å². The number of carbonyl (C=O) groups excluding carboxylic acids is 1. The van der Waals surface area contributed by atoms with Crippen molar-refractivity contribution in [3.63, 3.8) is 0 Å². The maximum atomic E-state index is 13.1. The number of benzene rings is 3. The molecule has 0 atom stereocenters. The number of hydrogen-bond acceptors (Lipinski definition) is 4. The van der Waals surface area contributed by atoms with Crippen LogP contribution < -0.4 is 14.9 Å². The molecule has 0 saturated carbocycles. The molecule has 172 valence electrons. The van der Waals surface area contributed by atoms with E-state index in [0.717, 1.165) is 42.7 Å². The number of piperidine rings is 1. The molecular weight excluding hydrogens is 434 g/mol. The molecule has 0 aliphatic carbocycles. The van der Waals surface area contributed by atoms with Crippen molar-refractivity contribution < 1.29 is 13.2 Å². The third-order valence-electron chi connectivity index (χ3n) is 5.83. The summed E-state index contributed by atoms with van der Waals surface area (Å²) in [6.07, 6.45) is 3.29. The van der Waals surface area contributed by atoms with Gasteiger partial charge in [-0.3, -0.25) is 9.52 Å². The summed E-state index contributed by atoms with van der Waals surface area (Å²) in [5.41, 5.74) is 3.61. The highest BCUT2D eigenvalue weighted by Gasteiger charge is 2.21. The summed E-state index contributed by atoms with van der Waals surface area (Å²) in [7, 11) is -3.80. The summed E-state index contributed by atoms with van der Waals surface area (Å²) in [6, 6.07) is 21.6. The molecule has 0 radical (unpaired) electrons. The van der Waals surface area contributed by atoms with E-state index in [0.29, 0.717) is 17.8 Å². The molecule has 1 saturated heterocycles. The first kappa shape index (κ1) is 22.9. The van der Waals surface area contributed by atoms with E-state index in [1.54, 1.807) is 36.4 Å². The van der Waals surface area contributed by atoms with Crippen LogP contribution in [-0.4, -0.2) is 27.4 Å². The zero-order valence-corrected chi connectivity index (χ0v) is 19.6. The fraction of sp³-hybridized carbons (Fsp3) is 0.269. The van der Waals surface area contributed by atoms with Gasteiger partial charge in [-0.25, -0.2) is 8.42 Å². The van der Waals surface area contributed by atoms with Gasteiger partial charge >= 0.3 is 0 Å². The van der Waals surface area contributed by atoms with Gasteiger partial charge in [0.15, 0.2) is 0 Å². The van der Waals surface area contributed by atoms with Crippen molar-refractivity contribution in [2.24, 2.45) is 0 Å². The Balaban J connectivity index is 1.61. The van der Waals surface area contributed by atoms with Crippen LogP contribution in [0.25, 0.3) is 0 Å². The normalized spacial score (nSPS) is 14.0. The van der Waals surface area contributed by atoms with Gasteiger partial charge in [0.25, 0.3) is 15.9 Å². The minimum Gasteiger partial charge on any atom is -0.370 e. The Labute approximate surface area is 195 Å². The second-order valence-corrected chi connectivity index (χ2v) is 10.0. The van der Waals surface area contributed by atoms with Crippen LogP contribution in [0, 0.1) is 6.92 Å². The first-order valence-electron chi connectivity index (χ1n) is 11.2. The van der Waals surface area contributed by atoms with E-state index in [4.69, 9.17) is 0 Å². The molecule has 33 heavy (non-hydrogen) atoms. The van der Waals surface area contributed by atoms with Gasteiger partial charge < -0.3 is 10.2 Å². The predicted molar refractivity (Wildman–Crippen MR) is 132 cm³/mol. The summed E-state index contributed by atoms with van der Waals surface area (Å²) >= 11 is 0. The lowest BCUT2D eigenvalue weighted by Crippen LogP contribution is -2.31. The molecule has 0 unspecified atom stereocenters. The Morgan fingerprint density at radius 3 is 2.30 bits per heavy atom. The molecule has 3 aromatic carbocycles. The first-order valence-corrected chi connectivity index (χ1v) is 12.7. The molecule has 3 aromatic rings. The molecule has 0 aromatic heterocycles. The fourth-order valence-corrected chi connectivity index (χ4v) is 5.04. The molecule has 1 amide bonds. The molecule has 1 aliphatic rings. The number of aryl methyl sites for hydroxylation is 1. The Hall–Kier alpha value is -3.32. The topological polar surface area (TPSA) is 78.5 Å². The molecule has 0 spiro atoms. The standard InChI is InChI=1S/C26H29N3O3S/c1-20-10-13-23(14-11-20)33(31,32)28-24-18-22(12-15-25(24)29-16-6-3-7-17-29)26(30)27-19-21-8-4-2-5-9-21/h2,4-5,8-15,18,28H,3,6-7,16-17,19H2,1H3,(H,27,30). The van der Waals surface area contributed by atoms with Gasteiger partial charge in [0.1, 0.15) is 0 Å². The molecule has 7 heteroatoms. The van der Waals surface area contributed by atoms with Gasteiger partial charge in [0, 0.05) is 25.2 Å². The van der Waals surface area contributed by atoms with Gasteiger partial charge in [0.05, 0.1) is 16.3 Å². The number of nitrogens with zero attached hydrogens (tertiary/aromatic N) is 1. The molecule has 1 aliphatic heterocycles. The van der Waals surface area contributed by atoms with Crippen LogP contribution in [0.2, 0.25) is 0 Å². The van der Waals surface area contributed by atoms with E-state index in [-0.39, 0.29) is 10.8 Å². The van der Waals surface area contributed by atoms with Gasteiger partial charge in [-0.1, -0.05) is 48.0 Å². The Morgan fingerprint density at radius 1 is 0.909 bits per heavy atom. The van der Waals surface area contributed by atoms with Gasteiger partial charge in [0.2, 0.25) is 0 Å². The second kappa shape index (κ2) is 10.1. The minimum atomic E-state index is -3.80. The summed E-state index contributed by atoms with van der Waals surface area (Å²) < 4.78 is 29.0. The van der Waals surface area contributed by atoms with Crippen molar-refractivity contribution in [2.75, 3.05) is 22.7 Å². The summed E-state index contributed by atoms with van der Waals surface area (Å²) in [4.78, 5) is 15.2. The van der Waals surface area contributed by atoms with E-state index >= 15 is 0 Å². The lowest BCUT2D eigenvalue weighted by Gasteiger charge is -2.31. The monoisotopic (exact) mass is 463 g/mol. The maximum absolute atomic E-state index is 13.1. The van der Waals surface area contributed by atoms with E-state index in [1.165, 1.54) is 6.42 Å². The summed E-state index contributed by atoms with van der Waals surface area (Å²) in [5, 5.41) is 2.91. The van der Waals surface area contributed by atoms with Crippen LogP contribution in [0.5, 0.6) is 0 Å². The molecule has 1 fully saturated rings. The number of carbonyl (C=O) groups is 1. The number of nitrogens with one attached hydrogen (secondary N) is 2. The average Bonchev–Trinajstić information content (AvgIpc) is 2.84. The first-order chi connectivity index (χ1) is 15.9. The van der Waals surface area contributed by atoms with Crippen LogP contribution in [-0.2, 0) is 16.6 Å². The minimum absolute atomic E-state index is 0.191. The summed E-state index contributed by atoms with van der Waals surface area (Å²) in [5.74, 6) is -0.250. The van der Waals surface area contributed by atoms with E-state index < -0.39 is 10.0 Å². The lowest BCUT2D eigenvalue weighted by molar-refractivity contribution is 0.0951. The zero-order chi connectivity index (χ0) is 23.3. The zero-order valence-electron chi connectivity index (χ0n) is 18.8. The highest BCUT2D eigenvalue weighted by Crippen LogP contribution is 2.31. The quantitative estimate of drug-likeness (QED) is 0.532. The molecule has 0 bridgehead atoms. The third kappa shape index (κ3) is 5.73. The van der Waals surface area contributed by atoms with Gasteiger partial charge in [-0.2, -0.15) is 0 Å². The maximum Gasteiger partial charge on any atom is 0.261 e. The van der Waals surface area contributed by atoms with Crippen LogP contribution >= 0.6 is 0 Å². The molecule has 4 rings (SSSR count). The van der Waals surface area contributed by atoms with Crippen LogP contribution in [0.3, 0.4) is 0 Å². The predicted octanol–water partition coefficient (Wildman–Crippen LogP) is 4.72. The Kier molecular flexibility index (Phi) is 6.99. The van der Waals surface area contributed by atoms with Crippen LogP contribution in [0.4, 0.5) is 11.4 Å². The second-order valence-electron chi connectivity index (χ2n) is 8.37. The molecule has 6 nitrogen and oxygen atoms in total. The van der Waals surface area contributed by atoms with Crippen molar-refractivity contribution in [1.29, 1.82) is 0 Å². The van der Waals surface area contributed by atoms with Crippen molar-refractivity contribution >= 4 is 27.3 Å². The molecule has 2 N–H and O–H groups in total. The van der Waals surface area contributed by atoms with Crippen LogP contribution in [0.15, 0.2) is 77.7 Å². The van der Waals surface area contributed by atoms with Crippen molar-refractivity contribution in [3.8, 4) is 0 Å². The highest BCUT2D eigenvalue weighted by atomic mass is 32.2. The Morgan fingerprint density at radius 2 is 1.61 bits per heavy atom. The van der Waals surface area contributed by atoms with Crippen molar-refractivity contribution in [1.82, 2.24) is 5.32 Å². The van der Waals surface area contributed by atoms with E-state index in [1.807, 2.05) is 43.3 Å². The highest BCUT2D eigenvalue weighted by molar-refractivity contribution is 7.92. The van der Waals surface area contributed by atoms with Gasteiger partial charge in [-0.05, 0) is 62.1 Å². The number of anilines is 2. The third-order valence-corrected chi connectivity index (χ3v) is 7.21. The number of hydrogen-bond donors (Lipinski definition) is 2. The molecule has 1 heterocycles. The van der Waals surface area contributed by atoms with Crippen molar-refractivity contribution in [2.45, 2.75) is 37.6 Å². The average molecular weight is 464 g/mol. The largest absolute Gasteiger partial charge is 0.370 e. The van der Waals surface area contributed by atoms with Crippen molar-refractivity contribution in [3.05, 3.63) is 89.5 Å². The Bertz CT molecular complexity index is 1200. The van der Waals surface area contributed by atoms with E-state index in [9.17, 15) is 13.2 Å². The fourth-order valence-electron chi connectivity index (χ4n) is 3.97.